The van der Waals surface area contributed by atoms with Gasteiger partial charge >= 0.3 is 0 Å². The lowest BCUT2D eigenvalue weighted by Gasteiger charge is -2.07. The molecule has 1 heterocycles. The number of thioether (sulfide) groups is 1. The van der Waals surface area contributed by atoms with Gasteiger partial charge in [0.2, 0.25) is 0 Å². The van der Waals surface area contributed by atoms with Gasteiger partial charge < -0.3 is 9.88 Å². The molecular formula is C18H14Cl4N4OS. The van der Waals surface area contributed by atoms with Crippen LogP contribution in [-0.4, -0.2) is 20.7 Å². The molecule has 3 aromatic rings. The predicted molar refractivity (Wildman–Crippen MR) is 115 cm³/mol. The van der Waals surface area contributed by atoms with Crippen LogP contribution in [0.5, 0.6) is 0 Å². The second-order valence-corrected chi connectivity index (χ2v) is 8.38. The lowest BCUT2D eigenvalue weighted by Crippen LogP contribution is -2.24. The van der Waals surface area contributed by atoms with E-state index in [-0.39, 0.29) is 12.5 Å². The van der Waals surface area contributed by atoms with Gasteiger partial charge in [0.05, 0.1) is 26.6 Å². The molecule has 1 amide bonds. The standard InChI is InChI=1S/C18H14Cl4N4OS/c1-26-16(8-23-17(27)11-3-5-13(20)15(22)7-11)24-25-18(26)28-9-10-2-4-12(19)14(21)6-10/h2-7H,8-9H2,1H3,(H,23,27). The summed E-state index contributed by atoms with van der Waals surface area (Å²) in [5.74, 6) is 1.02. The Labute approximate surface area is 186 Å². The van der Waals surface area contributed by atoms with Crippen LogP contribution in [0, 0.1) is 0 Å². The topological polar surface area (TPSA) is 59.8 Å². The minimum atomic E-state index is -0.272. The fourth-order valence-electron chi connectivity index (χ4n) is 2.30. The van der Waals surface area contributed by atoms with E-state index in [4.69, 9.17) is 46.4 Å². The summed E-state index contributed by atoms with van der Waals surface area (Å²) in [5.41, 5.74) is 1.45. The molecule has 3 rings (SSSR count). The Bertz CT molecular complexity index is 1020. The number of amides is 1. The van der Waals surface area contributed by atoms with Gasteiger partial charge in [-0.05, 0) is 35.9 Å². The van der Waals surface area contributed by atoms with Crippen molar-refractivity contribution < 1.29 is 4.79 Å². The van der Waals surface area contributed by atoms with Crippen molar-refractivity contribution in [1.82, 2.24) is 20.1 Å². The summed E-state index contributed by atoms with van der Waals surface area (Å²) in [7, 11) is 1.85. The summed E-state index contributed by atoms with van der Waals surface area (Å²) >= 11 is 25.3. The number of aromatic nitrogens is 3. The van der Waals surface area contributed by atoms with Crippen molar-refractivity contribution in [3.8, 4) is 0 Å². The zero-order valence-corrected chi connectivity index (χ0v) is 18.4. The molecule has 0 saturated heterocycles. The van der Waals surface area contributed by atoms with Crippen molar-refractivity contribution in [3.05, 3.63) is 73.4 Å². The van der Waals surface area contributed by atoms with Crippen LogP contribution in [0.25, 0.3) is 0 Å². The van der Waals surface area contributed by atoms with Gasteiger partial charge in [-0.3, -0.25) is 4.79 Å². The first-order chi connectivity index (χ1) is 13.3. The number of hydrogen-bond donors (Lipinski definition) is 1. The average Bonchev–Trinajstić information content (AvgIpc) is 3.02. The maximum Gasteiger partial charge on any atom is 0.251 e. The molecule has 1 N–H and O–H groups in total. The second-order valence-electron chi connectivity index (χ2n) is 5.81. The van der Waals surface area contributed by atoms with Crippen molar-refractivity contribution in [3.63, 3.8) is 0 Å². The largest absolute Gasteiger partial charge is 0.345 e. The maximum atomic E-state index is 12.3. The van der Waals surface area contributed by atoms with Gasteiger partial charge in [0.25, 0.3) is 5.91 Å². The Balaban J connectivity index is 1.60. The van der Waals surface area contributed by atoms with Crippen molar-refractivity contribution in [2.75, 3.05) is 0 Å². The van der Waals surface area contributed by atoms with Gasteiger partial charge in [0.15, 0.2) is 11.0 Å². The SMILES string of the molecule is Cn1c(CNC(=O)c2ccc(Cl)c(Cl)c2)nnc1SCc1ccc(Cl)c(Cl)c1. The monoisotopic (exact) mass is 474 g/mol. The average molecular weight is 476 g/mol. The van der Waals surface area contributed by atoms with Gasteiger partial charge in [0.1, 0.15) is 0 Å². The number of benzene rings is 2. The van der Waals surface area contributed by atoms with Crippen LogP contribution in [0.3, 0.4) is 0 Å². The number of rotatable bonds is 6. The Morgan fingerprint density at radius 2 is 1.68 bits per heavy atom. The number of carbonyl (C=O) groups is 1. The fraction of sp³-hybridized carbons (Fsp3) is 0.167. The Morgan fingerprint density at radius 3 is 2.36 bits per heavy atom. The first-order valence-corrected chi connectivity index (χ1v) is 10.5. The smallest absolute Gasteiger partial charge is 0.251 e. The van der Waals surface area contributed by atoms with Crippen LogP contribution >= 0.6 is 58.2 Å². The molecule has 0 aliphatic rings. The molecule has 5 nitrogen and oxygen atoms in total. The Kier molecular flexibility index (Phi) is 7.12. The third-order valence-electron chi connectivity index (χ3n) is 3.87. The molecule has 0 spiro atoms. The van der Waals surface area contributed by atoms with Gasteiger partial charge in [-0.1, -0.05) is 64.2 Å². The fourth-order valence-corrected chi connectivity index (χ4v) is 3.79. The molecule has 0 radical (unpaired) electrons. The summed E-state index contributed by atoms with van der Waals surface area (Å²) in [6, 6.07) is 10.2. The molecule has 28 heavy (non-hydrogen) atoms. The van der Waals surface area contributed by atoms with E-state index < -0.39 is 0 Å². The lowest BCUT2D eigenvalue weighted by molar-refractivity contribution is 0.0949. The Morgan fingerprint density at radius 1 is 1.00 bits per heavy atom. The lowest BCUT2D eigenvalue weighted by atomic mass is 10.2. The minimum Gasteiger partial charge on any atom is -0.345 e. The van der Waals surface area contributed by atoms with E-state index in [1.165, 1.54) is 17.8 Å². The third kappa shape index (κ3) is 5.13. The van der Waals surface area contributed by atoms with Crippen molar-refractivity contribution >= 4 is 64.1 Å². The molecule has 0 saturated carbocycles. The van der Waals surface area contributed by atoms with E-state index in [9.17, 15) is 4.79 Å². The molecule has 0 unspecified atom stereocenters. The highest BCUT2D eigenvalue weighted by Crippen LogP contribution is 2.27. The highest BCUT2D eigenvalue weighted by Gasteiger charge is 2.13. The first-order valence-electron chi connectivity index (χ1n) is 8.03. The quantitative estimate of drug-likeness (QED) is 0.468. The van der Waals surface area contributed by atoms with Gasteiger partial charge in [0, 0.05) is 18.4 Å². The normalized spacial score (nSPS) is 10.9. The number of nitrogens with one attached hydrogen (secondary N) is 1. The van der Waals surface area contributed by atoms with E-state index >= 15 is 0 Å². The number of carbonyl (C=O) groups excluding carboxylic acids is 1. The molecule has 0 atom stereocenters. The van der Waals surface area contributed by atoms with E-state index in [1.807, 2.05) is 23.7 Å². The summed E-state index contributed by atoms with van der Waals surface area (Å²) in [6.07, 6.45) is 0. The van der Waals surface area contributed by atoms with E-state index in [2.05, 4.69) is 15.5 Å². The van der Waals surface area contributed by atoms with Crippen LogP contribution in [-0.2, 0) is 19.3 Å². The number of nitrogens with zero attached hydrogens (tertiary/aromatic N) is 3. The third-order valence-corrected chi connectivity index (χ3v) is 6.44. The summed E-state index contributed by atoms with van der Waals surface area (Å²) in [4.78, 5) is 12.3. The van der Waals surface area contributed by atoms with Crippen LogP contribution < -0.4 is 5.32 Å². The molecule has 10 heteroatoms. The van der Waals surface area contributed by atoms with Crippen LogP contribution in [0.2, 0.25) is 20.1 Å². The molecule has 0 fully saturated rings. The zero-order valence-electron chi connectivity index (χ0n) is 14.5. The van der Waals surface area contributed by atoms with E-state index in [0.717, 1.165) is 10.7 Å². The van der Waals surface area contributed by atoms with Crippen molar-refractivity contribution in [1.29, 1.82) is 0 Å². The summed E-state index contributed by atoms with van der Waals surface area (Å²) in [6.45, 7) is 0.232. The Hall–Kier alpha value is -1.44. The van der Waals surface area contributed by atoms with Crippen molar-refractivity contribution in [2.45, 2.75) is 17.5 Å². The van der Waals surface area contributed by atoms with E-state index in [0.29, 0.717) is 37.2 Å². The molecule has 2 aromatic carbocycles. The molecule has 1 aromatic heterocycles. The van der Waals surface area contributed by atoms with Gasteiger partial charge in [-0.15, -0.1) is 10.2 Å². The molecular weight excluding hydrogens is 462 g/mol. The van der Waals surface area contributed by atoms with Crippen LogP contribution in [0.15, 0.2) is 41.6 Å². The molecule has 0 bridgehead atoms. The highest BCUT2D eigenvalue weighted by molar-refractivity contribution is 7.98. The minimum absolute atomic E-state index is 0.232. The molecule has 146 valence electrons. The number of halogens is 4. The van der Waals surface area contributed by atoms with Gasteiger partial charge in [-0.25, -0.2) is 0 Å². The first kappa shape index (κ1) is 21.3. The molecule has 0 aliphatic carbocycles. The summed E-state index contributed by atoms with van der Waals surface area (Å²) < 4.78 is 1.83. The second kappa shape index (κ2) is 9.37. The molecule has 0 aliphatic heterocycles. The summed E-state index contributed by atoms with van der Waals surface area (Å²) in [5, 5.41) is 13.6. The van der Waals surface area contributed by atoms with E-state index in [1.54, 1.807) is 18.2 Å². The maximum absolute atomic E-state index is 12.3. The number of hydrogen-bond acceptors (Lipinski definition) is 4. The van der Waals surface area contributed by atoms with Crippen LogP contribution in [0.4, 0.5) is 0 Å². The zero-order chi connectivity index (χ0) is 20.3. The predicted octanol–water partition coefficient (Wildman–Crippen LogP) is 5.65. The van der Waals surface area contributed by atoms with Gasteiger partial charge in [-0.2, -0.15) is 0 Å². The highest BCUT2D eigenvalue weighted by atomic mass is 35.5. The van der Waals surface area contributed by atoms with Crippen molar-refractivity contribution in [2.24, 2.45) is 7.05 Å². The van der Waals surface area contributed by atoms with Crippen LogP contribution in [0.1, 0.15) is 21.7 Å².